The molecule has 0 saturated heterocycles. The second-order valence-electron chi connectivity index (χ2n) is 3.25. The van der Waals surface area contributed by atoms with Gasteiger partial charge in [0.2, 0.25) is 5.75 Å². The highest BCUT2D eigenvalue weighted by atomic mass is 16.6. The van der Waals surface area contributed by atoms with Crippen molar-refractivity contribution in [2.24, 2.45) is 0 Å². The van der Waals surface area contributed by atoms with Gasteiger partial charge in [-0.25, -0.2) is 0 Å². The molecule has 2 aromatic heterocycles. The molecule has 0 unspecified atom stereocenters. The molecule has 0 atom stereocenters. The quantitative estimate of drug-likeness (QED) is 0.593. The van der Waals surface area contributed by atoms with Crippen molar-refractivity contribution in [2.45, 2.75) is 6.61 Å². The summed E-state index contributed by atoms with van der Waals surface area (Å²) in [4.78, 5) is 17.8. The third-order valence-electron chi connectivity index (χ3n) is 2.08. The Labute approximate surface area is 97.1 Å². The fraction of sp³-hybridized carbons (Fsp3) is 0.0909. The van der Waals surface area contributed by atoms with Crippen LogP contribution in [0.4, 0.5) is 5.69 Å². The first-order chi connectivity index (χ1) is 8.27. The molecular weight excluding hydrogens is 222 g/mol. The van der Waals surface area contributed by atoms with E-state index in [1.165, 1.54) is 18.5 Å². The lowest BCUT2D eigenvalue weighted by Gasteiger charge is -2.05. The normalized spacial score (nSPS) is 9.88. The van der Waals surface area contributed by atoms with Crippen molar-refractivity contribution < 1.29 is 9.66 Å². The lowest BCUT2D eigenvalue weighted by atomic mass is 10.3. The smallest absolute Gasteiger partial charge is 0.329 e. The Balaban J connectivity index is 2.12. The van der Waals surface area contributed by atoms with E-state index in [1.807, 2.05) is 6.07 Å². The molecule has 6 nitrogen and oxygen atoms in total. The maximum absolute atomic E-state index is 10.7. The van der Waals surface area contributed by atoms with Crippen molar-refractivity contribution in [3.8, 4) is 5.75 Å². The first-order valence-corrected chi connectivity index (χ1v) is 4.87. The van der Waals surface area contributed by atoms with E-state index in [9.17, 15) is 10.1 Å². The van der Waals surface area contributed by atoms with Crippen LogP contribution >= 0.6 is 0 Å². The molecule has 0 aromatic carbocycles. The molecular formula is C11H9N3O3. The van der Waals surface area contributed by atoms with Gasteiger partial charge < -0.3 is 4.74 Å². The zero-order chi connectivity index (χ0) is 12.1. The third kappa shape index (κ3) is 2.75. The van der Waals surface area contributed by atoms with Crippen LogP contribution < -0.4 is 4.74 Å². The third-order valence-corrected chi connectivity index (χ3v) is 2.08. The Bertz CT molecular complexity index is 516. The van der Waals surface area contributed by atoms with Crippen LogP contribution in [0.25, 0.3) is 0 Å². The predicted molar refractivity (Wildman–Crippen MR) is 59.5 cm³/mol. The molecule has 0 fully saturated rings. The Kier molecular flexibility index (Phi) is 3.25. The number of nitrogens with zero attached hydrogens (tertiary/aromatic N) is 3. The molecule has 17 heavy (non-hydrogen) atoms. The summed E-state index contributed by atoms with van der Waals surface area (Å²) in [5.41, 5.74) is 0.704. The van der Waals surface area contributed by atoms with Gasteiger partial charge in [0.25, 0.3) is 0 Å². The van der Waals surface area contributed by atoms with Gasteiger partial charge in [-0.2, -0.15) is 0 Å². The number of ether oxygens (including phenoxy) is 1. The molecule has 2 rings (SSSR count). The molecule has 0 aliphatic carbocycles. The van der Waals surface area contributed by atoms with E-state index in [0.717, 1.165) is 5.56 Å². The van der Waals surface area contributed by atoms with Crippen molar-refractivity contribution >= 4 is 5.69 Å². The van der Waals surface area contributed by atoms with Crippen LogP contribution in [0, 0.1) is 10.1 Å². The van der Waals surface area contributed by atoms with Crippen molar-refractivity contribution in [3.05, 3.63) is 58.7 Å². The largest absolute Gasteiger partial charge is 0.482 e. The van der Waals surface area contributed by atoms with E-state index in [2.05, 4.69) is 9.97 Å². The van der Waals surface area contributed by atoms with Gasteiger partial charge in [0.05, 0.1) is 4.92 Å². The molecule has 0 aliphatic rings. The maximum atomic E-state index is 10.7. The molecule has 0 amide bonds. The van der Waals surface area contributed by atoms with Gasteiger partial charge >= 0.3 is 5.69 Å². The maximum Gasteiger partial charge on any atom is 0.329 e. The summed E-state index contributed by atoms with van der Waals surface area (Å²) in [5.74, 6) is 0.203. The van der Waals surface area contributed by atoms with Crippen LogP contribution in [0.15, 0.2) is 43.0 Å². The van der Waals surface area contributed by atoms with Gasteiger partial charge in [-0.3, -0.25) is 20.1 Å². The highest BCUT2D eigenvalue weighted by Crippen LogP contribution is 2.25. The summed E-state index contributed by atoms with van der Waals surface area (Å²) in [5, 5.41) is 10.7. The minimum atomic E-state index is -0.522. The summed E-state index contributed by atoms with van der Waals surface area (Å²) < 4.78 is 5.36. The predicted octanol–water partition coefficient (Wildman–Crippen LogP) is 1.96. The van der Waals surface area contributed by atoms with Gasteiger partial charge in [0, 0.05) is 30.2 Å². The van der Waals surface area contributed by atoms with Gasteiger partial charge in [-0.1, -0.05) is 6.07 Å². The lowest BCUT2D eigenvalue weighted by molar-refractivity contribution is -0.386. The van der Waals surface area contributed by atoms with Crippen molar-refractivity contribution in [1.29, 1.82) is 0 Å². The zero-order valence-corrected chi connectivity index (χ0v) is 8.81. The summed E-state index contributed by atoms with van der Waals surface area (Å²) in [6.07, 6.45) is 5.91. The van der Waals surface area contributed by atoms with Crippen LogP contribution in [0.3, 0.4) is 0 Å². The number of hydrogen-bond donors (Lipinski definition) is 0. The molecule has 6 heteroatoms. The van der Waals surface area contributed by atoms with E-state index in [1.54, 1.807) is 18.5 Å². The Morgan fingerprint density at radius 3 is 2.76 bits per heavy atom. The van der Waals surface area contributed by atoms with Crippen molar-refractivity contribution in [3.63, 3.8) is 0 Å². The number of nitro groups is 1. The second kappa shape index (κ2) is 5.02. The molecule has 0 aliphatic heterocycles. The fourth-order valence-electron chi connectivity index (χ4n) is 1.28. The molecule has 86 valence electrons. The molecule has 2 heterocycles. The van der Waals surface area contributed by atoms with E-state index >= 15 is 0 Å². The topological polar surface area (TPSA) is 78.2 Å². The van der Waals surface area contributed by atoms with E-state index < -0.39 is 4.92 Å². The molecule has 0 saturated carbocycles. The average molecular weight is 231 g/mol. The standard InChI is InChI=1S/C11H9N3O3/c15-14(16)10-7-13-5-3-11(10)17-8-9-2-1-4-12-6-9/h1-7H,8H2. The molecule has 0 spiro atoms. The monoisotopic (exact) mass is 231 g/mol. The summed E-state index contributed by atoms with van der Waals surface area (Å²) in [6, 6.07) is 5.08. The van der Waals surface area contributed by atoms with Crippen LogP contribution in [-0.2, 0) is 6.61 Å². The number of rotatable bonds is 4. The lowest BCUT2D eigenvalue weighted by Crippen LogP contribution is -1.99. The second-order valence-corrected chi connectivity index (χ2v) is 3.25. The van der Waals surface area contributed by atoms with E-state index in [0.29, 0.717) is 0 Å². The van der Waals surface area contributed by atoms with E-state index in [-0.39, 0.29) is 18.0 Å². The molecule has 2 aromatic rings. The SMILES string of the molecule is O=[N+]([O-])c1cnccc1OCc1cccnc1. The molecule has 0 radical (unpaired) electrons. The van der Waals surface area contributed by atoms with Crippen LogP contribution in [-0.4, -0.2) is 14.9 Å². The Morgan fingerprint density at radius 2 is 2.06 bits per heavy atom. The first kappa shape index (κ1) is 11.0. The van der Waals surface area contributed by atoms with Gasteiger partial charge in [0.1, 0.15) is 12.8 Å². The van der Waals surface area contributed by atoms with Crippen molar-refractivity contribution in [1.82, 2.24) is 9.97 Å². The minimum Gasteiger partial charge on any atom is -0.482 e. The first-order valence-electron chi connectivity index (χ1n) is 4.87. The molecule has 0 N–H and O–H groups in total. The fourth-order valence-corrected chi connectivity index (χ4v) is 1.28. The minimum absolute atomic E-state index is 0.142. The van der Waals surface area contributed by atoms with Gasteiger partial charge in [0.15, 0.2) is 0 Å². The highest BCUT2D eigenvalue weighted by molar-refractivity contribution is 5.43. The van der Waals surface area contributed by atoms with Gasteiger partial charge in [-0.05, 0) is 6.07 Å². The Morgan fingerprint density at radius 1 is 1.24 bits per heavy atom. The Hall–Kier alpha value is -2.50. The summed E-state index contributed by atoms with van der Waals surface area (Å²) in [7, 11) is 0. The number of pyridine rings is 2. The molecule has 0 bridgehead atoms. The summed E-state index contributed by atoms with van der Waals surface area (Å²) in [6.45, 7) is 0.235. The van der Waals surface area contributed by atoms with Crippen molar-refractivity contribution in [2.75, 3.05) is 0 Å². The average Bonchev–Trinajstić information content (AvgIpc) is 2.38. The van der Waals surface area contributed by atoms with E-state index in [4.69, 9.17) is 4.74 Å². The zero-order valence-electron chi connectivity index (χ0n) is 8.81. The highest BCUT2D eigenvalue weighted by Gasteiger charge is 2.14. The summed E-state index contributed by atoms with van der Waals surface area (Å²) >= 11 is 0. The van der Waals surface area contributed by atoms with Crippen LogP contribution in [0.5, 0.6) is 5.75 Å². The van der Waals surface area contributed by atoms with Crippen LogP contribution in [0.2, 0.25) is 0 Å². The number of aromatic nitrogens is 2. The van der Waals surface area contributed by atoms with Crippen LogP contribution in [0.1, 0.15) is 5.56 Å². The van der Waals surface area contributed by atoms with Gasteiger partial charge in [-0.15, -0.1) is 0 Å². The number of hydrogen-bond acceptors (Lipinski definition) is 5.